The van der Waals surface area contributed by atoms with Crippen LogP contribution in [0.2, 0.25) is 0 Å². The lowest BCUT2D eigenvalue weighted by Crippen LogP contribution is -2.51. The molecule has 1 N–H and O–H groups in total. The molecule has 0 bridgehead atoms. The number of benzene rings is 2. The summed E-state index contributed by atoms with van der Waals surface area (Å²) in [4.78, 5) is 26.3. The molecule has 3 aromatic rings. The van der Waals surface area contributed by atoms with Crippen molar-refractivity contribution in [2.45, 2.75) is 38.8 Å². The number of halogens is 4. The molecule has 0 aliphatic heterocycles. The Labute approximate surface area is 246 Å². The van der Waals surface area contributed by atoms with E-state index in [0.717, 1.165) is 22.4 Å². The molecule has 3 aliphatic rings. The van der Waals surface area contributed by atoms with Crippen LogP contribution in [0.1, 0.15) is 47.8 Å². The quantitative estimate of drug-likeness (QED) is 0.201. The van der Waals surface area contributed by atoms with E-state index in [4.69, 9.17) is 4.74 Å². The fraction of sp³-hybridized carbons (Fsp3) is 0.364. The molecule has 1 unspecified atom stereocenters. The van der Waals surface area contributed by atoms with Gasteiger partial charge in [0.2, 0.25) is 5.91 Å². The molecule has 0 saturated heterocycles. The molecule has 6 rings (SSSR count). The Morgan fingerprint density at radius 3 is 2.51 bits per heavy atom. The molecule has 1 amide bonds. The van der Waals surface area contributed by atoms with Gasteiger partial charge in [0.05, 0.1) is 43.1 Å². The number of rotatable bonds is 6. The Hall–Kier alpha value is -4.21. The highest BCUT2D eigenvalue weighted by molar-refractivity contribution is 5.99. The predicted molar refractivity (Wildman–Crippen MR) is 152 cm³/mol. The van der Waals surface area contributed by atoms with Crippen molar-refractivity contribution in [3.63, 3.8) is 0 Å². The minimum absolute atomic E-state index is 0.301. The lowest BCUT2D eigenvalue weighted by atomic mass is 9.54. The molecule has 0 radical (unpaired) electrons. The molecule has 1 saturated carbocycles. The highest BCUT2D eigenvalue weighted by Crippen LogP contribution is 2.58. The van der Waals surface area contributed by atoms with E-state index in [1.54, 1.807) is 53.4 Å². The standard InChI is InChI=1S/C33H31F4N3O3/c1-32-16-20-17-39-40(23-8-6-22(34)7-9-23)28(20)15-21(32)5-12-25-26(32)13-14-27(33(35,36)37)30(25)31(42)38-18-29(41)19-3-10-24(43-2)11-4-19/h3-4,6-11,13,15,17,25,27,30H,5,12,14,16,18H2,1-2H3,(H,38,42)/t25?,27-,30-,32+/m1/s1. The number of amides is 1. The number of hydrogen-bond donors (Lipinski definition) is 1. The van der Waals surface area contributed by atoms with E-state index in [1.165, 1.54) is 19.2 Å². The normalized spacial score (nSPS) is 24.6. The van der Waals surface area contributed by atoms with E-state index in [2.05, 4.69) is 10.4 Å². The fourth-order valence-electron chi connectivity index (χ4n) is 7.10. The summed E-state index contributed by atoms with van der Waals surface area (Å²) in [7, 11) is 1.50. The minimum atomic E-state index is -4.57. The summed E-state index contributed by atoms with van der Waals surface area (Å²) in [6.07, 6.45) is 2.04. The van der Waals surface area contributed by atoms with Crippen molar-refractivity contribution in [1.29, 1.82) is 0 Å². The van der Waals surface area contributed by atoms with Crippen LogP contribution in [0.4, 0.5) is 17.6 Å². The third-order valence-corrected chi connectivity index (χ3v) is 9.30. The second kappa shape index (κ2) is 10.8. The number of ketones is 1. The number of Topliss-reactive ketones (excluding diaryl/α,β-unsaturated/α-hetero) is 1. The van der Waals surface area contributed by atoms with E-state index in [9.17, 15) is 27.2 Å². The molecular formula is C33H31F4N3O3. The summed E-state index contributed by atoms with van der Waals surface area (Å²) in [5, 5.41) is 7.07. The van der Waals surface area contributed by atoms with Crippen LogP contribution in [-0.4, -0.2) is 41.3 Å². The van der Waals surface area contributed by atoms with Gasteiger partial charge in [-0.1, -0.05) is 24.1 Å². The average molecular weight is 594 g/mol. The maximum atomic E-state index is 14.3. The molecule has 4 atom stereocenters. The van der Waals surface area contributed by atoms with Crippen LogP contribution in [0, 0.1) is 29.0 Å². The van der Waals surface area contributed by atoms with Crippen molar-refractivity contribution in [1.82, 2.24) is 15.1 Å². The van der Waals surface area contributed by atoms with Crippen LogP contribution in [-0.2, 0) is 11.2 Å². The van der Waals surface area contributed by atoms with Crippen LogP contribution in [0.5, 0.6) is 5.75 Å². The van der Waals surface area contributed by atoms with E-state index in [0.29, 0.717) is 36.3 Å². The summed E-state index contributed by atoms with van der Waals surface area (Å²) < 4.78 is 63.3. The first-order valence-corrected chi connectivity index (χ1v) is 14.3. The minimum Gasteiger partial charge on any atom is -0.497 e. The summed E-state index contributed by atoms with van der Waals surface area (Å²) >= 11 is 0. The predicted octanol–water partition coefficient (Wildman–Crippen LogP) is 6.50. The third kappa shape index (κ3) is 5.17. The van der Waals surface area contributed by atoms with Gasteiger partial charge >= 0.3 is 6.18 Å². The van der Waals surface area contributed by atoms with E-state index in [-0.39, 0.29) is 12.2 Å². The lowest BCUT2D eigenvalue weighted by Gasteiger charge is -2.50. The maximum Gasteiger partial charge on any atom is 0.392 e. The van der Waals surface area contributed by atoms with Gasteiger partial charge in [0.1, 0.15) is 11.6 Å². The van der Waals surface area contributed by atoms with Gasteiger partial charge in [-0.25, -0.2) is 9.07 Å². The van der Waals surface area contributed by atoms with Crippen LogP contribution in [0.15, 0.2) is 72.0 Å². The van der Waals surface area contributed by atoms with Crippen molar-refractivity contribution >= 4 is 17.8 Å². The first-order chi connectivity index (χ1) is 20.5. The van der Waals surface area contributed by atoms with Gasteiger partial charge in [-0.15, -0.1) is 0 Å². The van der Waals surface area contributed by atoms with Gasteiger partial charge in [-0.2, -0.15) is 18.3 Å². The molecular weight excluding hydrogens is 562 g/mol. The van der Waals surface area contributed by atoms with Gasteiger partial charge in [-0.3, -0.25) is 9.59 Å². The van der Waals surface area contributed by atoms with E-state index >= 15 is 0 Å². The van der Waals surface area contributed by atoms with E-state index in [1.807, 2.05) is 13.0 Å². The molecule has 10 heteroatoms. The van der Waals surface area contributed by atoms with Crippen molar-refractivity contribution in [2.75, 3.05) is 13.7 Å². The number of nitrogens with one attached hydrogen (secondary N) is 1. The largest absolute Gasteiger partial charge is 0.497 e. The molecule has 2 aromatic carbocycles. The summed E-state index contributed by atoms with van der Waals surface area (Å²) in [5.74, 6) is -4.74. The molecule has 0 spiro atoms. The van der Waals surface area contributed by atoms with Crippen LogP contribution in [0.25, 0.3) is 11.8 Å². The molecule has 6 nitrogen and oxygen atoms in total. The monoisotopic (exact) mass is 593 g/mol. The van der Waals surface area contributed by atoms with Crippen molar-refractivity contribution in [3.05, 3.63) is 94.6 Å². The summed E-state index contributed by atoms with van der Waals surface area (Å²) in [6.45, 7) is 1.64. The number of allylic oxidation sites excluding steroid dienone is 3. The lowest BCUT2D eigenvalue weighted by molar-refractivity contribution is -0.197. The number of carbonyl (C=O) groups excluding carboxylic acids is 2. The van der Waals surface area contributed by atoms with Gasteiger partial charge < -0.3 is 10.1 Å². The van der Waals surface area contributed by atoms with Crippen LogP contribution in [0.3, 0.4) is 0 Å². The Morgan fingerprint density at radius 2 is 1.84 bits per heavy atom. The van der Waals surface area contributed by atoms with Gasteiger partial charge in [0.25, 0.3) is 0 Å². The maximum absolute atomic E-state index is 14.3. The van der Waals surface area contributed by atoms with Crippen LogP contribution >= 0.6 is 0 Å². The topological polar surface area (TPSA) is 73.2 Å². The smallest absolute Gasteiger partial charge is 0.392 e. The Balaban J connectivity index is 1.27. The zero-order valence-electron chi connectivity index (χ0n) is 23.7. The van der Waals surface area contributed by atoms with Crippen molar-refractivity contribution in [2.24, 2.45) is 23.2 Å². The Bertz CT molecular complexity index is 1620. The number of fused-ring (bicyclic) bond motifs is 4. The highest BCUT2D eigenvalue weighted by atomic mass is 19.4. The van der Waals surface area contributed by atoms with Crippen molar-refractivity contribution in [3.8, 4) is 11.4 Å². The van der Waals surface area contributed by atoms with Gasteiger partial charge in [0, 0.05) is 11.0 Å². The number of hydrogen-bond acceptors (Lipinski definition) is 4. The zero-order chi connectivity index (χ0) is 30.5. The number of carbonyl (C=O) groups is 2. The first kappa shape index (κ1) is 28.9. The Kier molecular flexibility index (Phi) is 7.26. The van der Waals surface area contributed by atoms with Crippen LogP contribution < -0.4 is 10.1 Å². The fourth-order valence-corrected chi connectivity index (χ4v) is 7.10. The zero-order valence-corrected chi connectivity index (χ0v) is 23.7. The molecule has 1 fully saturated rings. The molecule has 1 heterocycles. The summed E-state index contributed by atoms with van der Waals surface area (Å²) in [6, 6.07) is 12.4. The first-order valence-electron chi connectivity index (χ1n) is 14.3. The number of aromatic nitrogens is 2. The number of alkyl halides is 3. The molecule has 3 aliphatic carbocycles. The number of nitrogens with zero attached hydrogens (tertiary/aromatic N) is 2. The molecule has 224 valence electrons. The number of ether oxygens (including phenoxy) is 1. The van der Waals surface area contributed by atoms with Gasteiger partial charge in [-0.05, 0) is 91.8 Å². The van der Waals surface area contributed by atoms with Gasteiger partial charge in [0.15, 0.2) is 5.78 Å². The number of methoxy groups -OCH3 is 1. The third-order valence-electron chi connectivity index (χ3n) is 9.30. The van der Waals surface area contributed by atoms with E-state index < -0.39 is 47.6 Å². The molecule has 1 aromatic heterocycles. The van der Waals surface area contributed by atoms with Crippen molar-refractivity contribution < 1.29 is 31.9 Å². The summed E-state index contributed by atoms with van der Waals surface area (Å²) in [5.41, 5.74) is 4.19. The SMILES string of the molecule is COc1ccc(C(=O)CNC(=O)[C@@H]2C3CCC4=Cc5c(cnn5-c5ccc(F)cc5)C[C@]4(C)C3=CC[C@H]2C(F)(F)F)cc1. The average Bonchev–Trinajstić information content (AvgIpc) is 3.39. The second-order valence-electron chi connectivity index (χ2n) is 11.7. The highest BCUT2D eigenvalue weighted by Gasteiger charge is 2.56. The molecule has 43 heavy (non-hydrogen) atoms. The Morgan fingerprint density at radius 1 is 1.12 bits per heavy atom. The second-order valence-corrected chi connectivity index (χ2v) is 11.7.